The van der Waals surface area contributed by atoms with Crippen LogP contribution in [0.1, 0.15) is 47.7 Å². The number of carbonyl (C=O) groups excluding carboxylic acids is 2. The van der Waals surface area contributed by atoms with Crippen LogP contribution in [0.5, 0.6) is 0 Å². The van der Waals surface area contributed by atoms with E-state index in [-0.39, 0.29) is 24.0 Å². The van der Waals surface area contributed by atoms with E-state index >= 15 is 0 Å². The van der Waals surface area contributed by atoms with Crippen molar-refractivity contribution in [3.63, 3.8) is 0 Å². The number of benzene rings is 2. The minimum atomic E-state index is -4.48. The van der Waals surface area contributed by atoms with E-state index in [9.17, 15) is 22.8 Å². The first-order valence-electron chi connectivity index (χ1n) is 10.9. The predicted octanol–water partition coefficient (Wildman–Crippen LogP) is 6.69. The molecule has 0 saturated heterocycles. The number of Topliss-reactive ketones (excluding diaryl/α,β-unsaturated/α-hetero) is 1. The Labute approximate surface area is 198 Å². The van der Waals surface area contributed by atoms with Crippen molar-refractivity contribution in [1.82, 2.24) is 0 Å². The summed E-state index contributed by atoms with van der Waals surface area (Å²) in [6.45, 7) is 1.40. The second kappa shape index (κ2) is 8.43. The molecule has 34 heavy (non-hydrogen) atoms. The monoisotopic (exact) mass is 482 g/mol. The van der Waals surface area contributed by atoms with Crippen molar-refractivity contribution in [2.24, 2.45) is 0 Å². The van der Waals surface area contributed by atoms with Gasteiger partial charge in [0.15, 0.2) is 5.78 Å². The number of carbonyl (C=O) groups is 2. The van der Waals surface area contributed by atoms with Crippen LogP contribution in [0.25, 0.3) is 0 Å². The summed E-state index contributed by atoms with van der Waals surface area (Å²) in [7, 11) is 0. The minimum absolute atomic E-state index is 0.00282. The van der Waals surface area contributed by atoms with E-state index in [0.29, 0.717) is 34.6 Å². The number of thiophene rings is 1. The molecule has 1 aliphatic carbocycles. The highest BCUT2D eigenvalue weighted by Crippen LogP contribution is 2.48. The van der Waals surface area contributed by atoms with Gasteiger partial charge in [-0.15, -0.1) is 11.3 Å². The van der Waals surface area contributed by atoms with Crippen molar-refractivity contribution < 1.29 is 22.8 Å². The molecule has 0 bridgehead atoms. The van der Waals surface area contributed by atoms with Crippen molar-refractivity contribution in [3.05, 3.63) is 93.3 Å². The third kappa shape index (κ3) is 3.92. The van der Waals surface area contributed by atoms with Crippen LogP contribution in [0.15, 0.2) is 77.3 Å². The number of hydrogen-bond donors (Lipinski definition) is 1. The number of fused-ring (bicyclic) bond motifs is 1. The molecule has 2 aliphatic rings. The van der Waals surface area contributed by atoms with E-state index in [1.165, 1.54) is 24.0 Å². The Morgan fingerprint density at radius 2 is 1.76 bits per heavy atom. The molecule has 5 rings (SSSR count). The maximum atomic E-state index is 13.6. The number of para-hydroxylation sites is 2. The summed E-state index contributed by atoms with van der Waals surface area (Å²) in [6.07, 6.45) is -3.63. The van der Waals surface area contributed by atoms with E-state index in [2.05, 4.69) is 5.32 Å². The molecule has 2 aromatic carbocycles. The van der Waals surface area contributed by atoms with Gasteiger partial charge >= 0.3 is 6.18 Å². The first-order valence-corrected chi connectivity index (χ1v) is 11.7. The quantitative estimate of drug-likeness (QED) is 0.443. The van der Waals surface area contributed by atoms with Crippen LogP contribution in [0, 0.1) is 0 Å². The molecule has 0 fully saturated rings. The highest BCUT2D eigenvalue weighted by molar-refractivity contribution is 7.10. The third-order valence-corrected chi connectivity index (χ3v) is 7.36. The van der Waals surface area contributed by atoms with Gasteiger partial charge in [0.1, 0.15) is 0 Å². The molecule has 2 unspecified atom stereocenters. The summed E-state index contributed by atoms with van der Waals surface area (Å²) in [5.74, 6) is -0.416. The van der Waals surface area contributed by atoms with E-state index in [1.807, 2.05) is 29.6 Å². The molecule has 0 spiro atoms. The zero-order valence-corrected chi connectivity index (χ0v) is 19.0. The first kappa shape index (κ1) is 22.4. The number of amides is 1. The zero-order valence-electron chi connectivity index (χ0n) is 18.2. The van der Waals surface area contributed by atoms with Gasteiger partial charge in [-0.05, 0) is 47.7 Å². The zero-order chi connectivity index (χ0) is 24.0. The maximum Gasteiger partial charge on any atom is 0.416 e. The highest BCUT2D eigenvalue weighted by atomic mass is 32.1. The van der Waals surface area contributed by atoms with Crippen molar-refractivity contribution in [2.45, 2.75) is 37.9 Å². The Kier molecular flexibility index (Phi) is 5.56. The number of ketones is 1. The Morgan fingerprint density at radius 1 is 1.03 bits per heavy atom. The van der Waals surface area contributed by atoms with Crippen LogP contribution in [-0.2, 0) is 15.8 Å². The van der Waals surface area contributed by atoms with Gasteiger partial charge in [0.25, 0.3) is 0 Å². The third-order valence-electron chi connectivity index (χ3n) is 6.33. The summed E-state index contributed by atoms with van der Waals surface area (Å²) < 4.78 is 39.6. The largest absolute Gasteiger partial charge is 0.416 e. The lowest BCUT2D eigenvalue weighted by atomic mass is 9.80. The van der Waals surface area contributed by atoms with Crippen LogP contribution in [0.4, 0.5) is 24.5 Å². The molecule has 2 heterocycles. The number of halogens is 3. The topological polar surface area (TPSA) is 49.4 Å². The van der Waals surface area contributed by atoms with Gasteiger partial charge in [-0.25, -0.2) is 0 Å². The lowest BCUT2D eigenvalue weighted by Gasteiger charge is -2.34. The molecule has 174 valence electrons. The van der Waals surface area contributed by atoms with Crippen LogP contribution in [-0.4, -0.2) is 11.7 Å². The molecule has 4 nitrogen and oxygen atoms in total. The second-order valence-corrected chi connectivity index (χ2v) is 9.47. The molecule has 1 aromatic heterocycles. The molecule has 1 amide bonds. The van der Waals surface area contributed by atoms with Gasteiger partial charge in [-0.3, -0.25) is 14.5 Å². The van der Waals surface area contributed by atoms with Gasteiger partial charge in [0.05, 0.1) is 23.0 Å². The maximum absolute atomic E-state index is 13.6. The van der Waals surface area contributed by atoms with E-state index in [1.54, 1.807) is 23.5 Å². The molecular weight excluding hydrogens is 461 g/mol. The van der Waals surface area contributed by atoms with Crippen LogP contribution < -0.4 is 10.2 Å². The molecule has 2 atom stereocenters. The number of nitrogens with one attached hydrogen (secondary N) is 1. The number of nitrogens with zero attached hydrogens (tertiary/aromatic N) is 1. The molecule has 3 aromatic rings. The van der Waals surface area contributed by atoms with Gasteiger partial charge in [0, 0.05) is 35.4 Å². The molecule has 0 saturated carbocycles. The fourth-order valence-electron chi connectivity index (χ4n) is 4.83. The fourth-order valence-corrected chi connectivity index (χ4v) is 5.66. The van der Waals surface area contributed by atoms with Crippen molar-refractivity contribution in [3.8, 4) is 0 Å². The number of hydrogen-bond acceptors (Lipinski definition) is 4. The van der Waals surface area contributed by atoms with Gasteiger partial charge in [0.2, 0.25) is 5.91 Å². The molecule has 8 heteroatoms. The van der Waals surface area contributed by atoms with Crippen molar-refractivity contribution in [1.29, 1.82) is 0 Å². The number of rotatable bonds is 2. The van der Waals surface area contributed by atoms with E-state index in [4.69, 9.17) is 0 Å². The first-order chi connectivity index (χ1) is 16.2. The lowest BCUT2D eigenvalue weighted by molar-refractivity contribution is -0.137. The average molecular weight is 483 g/mol. The smallest absolute Gasteiger partial charge is 0.357 e. The van der Waals surface area contributed by atoms with Gasteiger partial charge < -0.3 is 5.32 Å². The van der Waals surface area contributed by atoms with Crippen LogP contribution >= 0.6 is 11.3 Å². The Balaban J connectivity index is 1.69. The van der Waals surface area contributed by atoms with Crippen molar-refractivity contribution >= 4 is 34.4 Å². The lowest BCUT2D eigenvalue weighted by Crippen LogP contribution is -2.37. The summed E-state index contributed by atoms with van der Waals surface area (Å²) in [6, 6.07) is 15.1. The predicted molar refractivity (Wildman–Crippen MR) is 126 cm³/mol. The summed E-state index contributed by atoms with van der Waals surface area (Å²) in [4.78, 5) is 29.2. The van der Waals surface area contributed by atoms with Crippen molar-refractivity contribution in [2.75, 3.05) is 10.2 Å². The van der Waals surface area contributed by atoms with Gasteiger partial charge in [-0.2, -0.15) is 13.2 Å². The molecule has 1 N–H and O–H groups in total. The minimum Gasteiger partial charge on any atom is -0.357 e. The van der Waals surface area contributed by atoms with Crippen LogP contribution in [0.2, 0.25) is 0 Å². The molecule has 0 radical (unpaired) electrons. The highest BCUT2D eigenvalue weighted by Gasteiger charge is 2.41. The van der Waals surface area contributed by atoms with E-state index < -0.39 is 17.8 Å². The fraction of sp³-hybridized carbons (Fsp3) is 0.231. The Hall–Kier alpha value is -3.39. The molecule has 1 aliphatic heterocycles. The number of alkyl halides is 3. The van der Waals surface area contributed by atoms with E-state index in [0.717, 1.165) is 17.0 Å². The Morgan fingerprint density at radius 3 is 2.41 bits per heavy atom. The average Bonchev–Trinajstić information content (AvgIpc) is 3.28. The summed E-state index contributed by atoms with van der Waals surface area (Å²) >= 11 is 1.59. The number of anilines is 2. The summed E-state index contributed by atoms with van der Waals surface area (Å²) in [5.41, 5.74) is 2.07. The molecular formula is C26H21F3N2O2S. The van der Waals surface area contributed by atoms with Crippen LogP contribution in [0.3, 0.4) is 0 Å². The second-order valence-electron chi connectivity index (χ2n) is 8.49. The number of allylic oxidation sites excluding steroid dienone is 1. The summed E-state index contributed by atoms with van der Waals surface area (Å²) in [5, 5.41) is 5.37. The SMILES string of the molecule is CC(=O)N1c2ccccc2NC2=C(C(=O)CC(c3cccs3)C2)C1c1ccc(C(F)(F)F)cc1. The Bertz CT molecular complexity index is 1280. The standard InChI is InChI=1S/C26H21F3N2O2S/c1-15(32)31-21-6-3-2-5-19(21)30-20-13-17(23-7-4-12-34-23)14-22(33)24(20)25(31)16-8-10-18(11-9-16)26(27,28)29/h2-12,17,25,30H,13-14H2,1H3. The normalized spacial score (nSPS) is 20.4. The van der Waals surface area contributed by atoms with Gasteiger partial charge in [-0.1, -0.05) is 30.3 Å².